The van der Waals surface area contributed by atoms with Crippen molar-refractivity contribution in [1.29, 1.82) is 0 Å². The van der Waals surface area contributed by atoms with Crippen LogP contribution in [-0.4, -0.2) is 9.55 Å². The number of nitrogen functional groups attached to an aromatic ring is 1. The Hall–Kier alpha value is -2.55. The molecule has 1 aromatic heterocycles. The Morgan fingerprint density at radius 3 is 2.29 bits per heavy atom. The van der Waals surface area contributed by atoms with Gasteiger partial charge < -0.3 is 10.3 Å². The van der Waals surface area contributed by atoms with Crippen molar-refractivity contribution in [3.63, 3.8) is 0 Å². The molecule has 21 heavy (non-hydrogen) atoms. The summed E-state index contributed by atoms with van der Waals surface area (Å²) in [6.45, 7) is 2.99. The van der Waals surface area contributed by atoms with Gasteiger partial charge in [0.25, 0.3) is 0 Å². The van der Waals surface area contributed by atoms with Gasteiger partial charge in [-0.05, 0) is 41.8 Å². The fourth-order valence-corrected chi connectivity index (χ4v) is 2.41. The number of hydrogen-bond donors (Lipinski definition) is 1. The number of benzene rings is 2. The van der Waals surface area contributed by atoms with E-state index in [1.54, 1.807) is 0 Å². The molecule has 0 aliphatic rings. The topological polar surface area (TPSA) is 43.8 Å². The normalized spacial score (nSPS) is 10.7. The van der Waals surface area contributed by atoms with Crippen molar-refractivity contribution < 1.29 is 0 Å². The van der Waals surface area contributed by atoms with Crippen LogP contribution >= 0.6 is 0 Å². The van der Waals surface area contributed by atoms with E-state index < -0.39 is 0 Å². The summed E-state index contributed by atoms with van der Waals surface area (Å²) in [5.74, 6) is 0.967. The molecule has 3 rings (SSSR count). The third-order valence-electron chi connectivity index (χ3n) is 3.67. The first kappa shape index (κ1) is 13.4. The van der Waals surface area contributed by atoms with Crippen LogP contribution in [0.25, 0.3) is 11.4 Å². The summed E-state index contributed by atoms with van der Waals surface area (Å²) in [5, 5.41) is 0. The number of rotatable bonds is 4. The zero-order chi connectivity index (χ0) is 14.7. The lowest BCUT2D eigenvalue weighted by Gasteiger charge is -2.09. The number of aromatic nitrogens is 2. The Kier molecular flexibility index (Phi) is 3.73. The summed E-state index contributed by atoms with van der Waals surface area (Å²) in [4.78, 5) is 4.47. The smallest absolute Gasteiger partial charge is 0.140 e. The molecule has 0 amide bonds. The molecule has 0 unspecified atom stereocenters. The minimum absolute atomic E-state index is 0.770. The van der Waals surface area contributed by atoms with Gasteiger partial charge in [0, 0.05) is 30.2 Å². The quantitative estimate of drug-likeness (QED) is 0.738. The zero-order valence-corrected chi connectivity index (χ0v) is 12.2. The van der Waals surface area contributed by atoms with Crippen LogP contribution in [0.3, 0.4) is 0 Å². The highest BCUT2D eigenvalue weighted by atomic mass is 15.1. The molecule has 3 nitrogen and oxygen atoms in total. The number of imidazole rings is 1. The number of nitrogens with two attached hydrogens (primary N) is 1. The van der Waals surface area contributed by atoms with E-state index in [0.717, 1.165) is 30.0 Å². The summed E-state index contributed by atoms with van der Waals surface area (Å²) >= 11 is 0. The first-order valence-electron chi connectivity index (χ1n) is 7.21. The minimum atomic E-state index is 0.770. The van der Waals surface area contributed by atoms with E-state index in [1.807, 2.05) is 36.7 Å². The maximum absolute atomic E-state index is 5.74. The zero-order valence-electron chi connectivity index (χ0n) is 12.2. The molecule has 3 aromatic rings. The van der Waals surface area contributed by atoms with Gasteiger partial charge in [-0.1, -0.05) is 31.2 Å². The molecule has 0 saturated heterocycles. The predicted molar refractivity (Wildman–Crippen MR) is 87.0 cm³/mol. The van der Waals surface area contributed by atoms with Crippen LogP contribution in [0, 0.1) is 0 Å². The van der Waals surface area contributed by atoms with Gasteiger partial charge in [-0.25, -0.2) is 4.98 Å². The molecule has 0 aliphatic heterocycles. The minimum Gasteiger partial charge on any atom is -0.399 e. The van der Waals surface area contributed by atoms with E-state index in [1.165, 1.54) is 11.1 Å². The van der Waals surface area contributed by atoms with Crippen molar-refractivity contribution in [3.05, 3.63) is 72.1 Å². The molecule has 106 valence electrons. The van der Waals surface area contributed by atoms with Crippen LogP contribution < -0.4 is 5.73 Å². The van der Waals surface area contributed by atoms with Crippen LogP contribution in [0.5, 0.6) is 0 Å². The Morgan fingerprint density at radius 1 is 0.952 bits per heavy atom. The van der Waals surface area contributed by atoms with Gasteiger partial charge in [-0.15, -0.1) is 0 Å². The molecule has 2 aromatic carbocycles. The first-order valence-corrected chi connectivity index (χ1v) is 7.21. The highest BCUT2D eigenvalue weighted by Crippen LogP contribution is 2.20. The highest BCUT2D eigenvalue weighted by Gasteiger charge is 2.06. The monoisotopic (exact) mass is 277 g/mol. The van der Waals surface area contributed by atoms with Crippen LogP contribution in [0.15, 0.2) is 60.9 Å². The van der Waals surface area contributed by atoms with Crippen LogP contribution in [0.2, 0.25) is 0 Å². The number of hydrogen-bond acceptors (Lipinski definition) is 2. The Labute approximate surface area is 125 Å². The van der Waals surface area contributed by atoms with Crippen molar-refractivity contribution >= 4 is 5.69 Å². The SMILES string of the molecule is CCc1ccc(Cn2ccnc2-c2ccc(N)cc2)cc1. The summed E-state index contributed by atoms with van der Waals surface area (Å²) in [6.07, 6.45) is 4.92. The molecule has 0 fully saturated rings. The van der Waals surface area contributed by atoms with E-state index in [-0.39, 0.29) is 0 Å². The van der Waals surface area contributed by atoms with Crippen molar-refractivity contribution in [2.45, 2.75) is 19.9 Å². The molecular weight excluding hydrogens is 258 g/mol. The van der Waals surface area contributed by atoms with Gasteiger partial charge in [-0.3, -0.25) is 0 Å². The summed E-state index contributed by atoms with van der Waals surface area (Å²) in [7, 11) is 0. The van der Waals surface area contributed by atoms with Gasteiger partial charge in [0.05, 0.1) is 0 Å². The summed E-state index contributed by atoms with van der Waals surface area (Å²) in [5.41, 5.74) is 10.2. The number of aryl methyl sites for hydroxylation is 1. The molecule has 0 saturated carbocycles. The lowest BCUT2D eigenvalue weighted by molar-refractivity contribution is 0.806. The van der Waals surface area contributed by atoms with Gasteiger partial charge in [0.15, 0.2) is 0 Å². The Morgan fingerprint density at radius 2 is 1.62 bits per heavy atom. The van der Waals surface area contributed by atoms with Crippen molar-refractivity contribution in [1.82, 2.24) is 9.55 Å². The van der Waals surface area contributed by atoms with Gasteiger partial charge in [0.2, 0.25) is 0 Å². The van der Waals surface area contributed by atoms with Crippen LogP contribution in [-0.2, 0) is 13.0 Å². The molecule has 0 bridgehead atoms. The summed E-state index contributed by atoms with van der Waals surface area (Å²) < 4.78 is 2.16. The molecule has 2 N–H and O–H groups in total. The van der Waals surface area contributed by atoms with E-state index >= 15 is 0 Å². The molecule has 0 radical (unpaired) electrons. The number of anilines is 1. The second kappa shape index (κ2) is 5.83. The molecule has 0 aliphatic carbocycles. The molecular formula is C18H19N3. The Bertz CT molecular complexity index is 709. The van der Waals surface area contributed by atoms with E-state index in [2.05, 4.69) is 40.7 Å². The standard InChI is InChI=1S/C18H19N3/c1-2-14-3-5-15(6-4-14)13-21-12-11-20-18(21)16-7-9-17(19)10-8-16/h3-12H,2,13,19H2,1H3. The molecule has 0 atom stereocenters. The fourth-order valence-electron chi connectivity index (χ4n) is 2.41. The fraction of sp³-hybridized carbons (Fsp3) is 0.167. The van der Waals surface area contributed by atoms with Crippen LogP contribution in [0.1, 0.15) is 18.1 Å². The number of nitrogens with zero attached hydrogens (tertiary/aromatic N) is 2. The predicted octanol–water partition coefficient (Wildman–Crippen LogP) is 3.74. The third kappa shape index (κ3) is 2.97. The molecule has 3 heteroatoms. The highest BCUT2D eigenvalue weighted by molar-refractivity contribution is 5.59. The maximum Gasteiger partial charge on any atom is 0.140 e. The largest absolute Gasteiger partial charge is 0.399 e. The van der Waals surface area contributed by atoms with Gasteiger partial charge in [0.1, 0.15) is 5.82 Å². The van der Waals surface area contributed by atoms with Crippen molar-refractivity contribution in [2.75, 3.05) is 5.73 Å². The van der Waals surface area contributed by atoms with Crippen molar-refractivity contribution in [2.24, 2.45) is 0 Å². The Balaban J connectivity index is 1.86. The lowest BCUT2D eigenvalue weighted by atomic mass is 10.1. The van der Waals surface area contributed by atoms with Crippen LogP contribution in [0.4, 0.5) is 5.69 Å². The maximum atomic E-state index is 5.74. The molecule has 1 heterocycles. The first-order chi connectivity index (χ1) is 10.3. The second-order valence-electron chi connectivity index (χ2n) is 5.17. The van der Waals surface area contributed by atoms with Gasteiger partial charge >= 0.3 is 0 Å². The van der Waals surface area contributed by atoms with E-state index in [9.17, 15) is 0 Å². The average molecular weight is 277 g/mol. The van der Waals surface area contributed by atoms with Gasteiger partial charge in [-0.2, -0.15) is 0 Å². The van der Waals surface area contributed by atoms with Crippen molar-refractivity contribution in [3.8, 4) is 11.4 Å². The third-order valence-corrected chi connectivity index (χ3v) is 3.67. The average Bonchev–Trinajstić information content (AvgIpc) is 2.97. The van der Waals surface area contributed by atoms with E-state index in [0.29, 0.717) is 0 Å². The summed E-state index contributed by atoms with van der Waals surface area (Å²) in [6, 6.07) is 16.6. The lowest BCUT2D eigenvalue weighted by Crippen LogP contribution is -2.01. The van der Waals surface area contributed by atoms with E-state index in [4.69, 9.17) is 5.73 Å². The molecule has 0 spiro atoms. The second-order valence-corrected chi connectivity index (χ2v) is 5.17.